The standard InChI is InChI=1S/C38H25N/c1-2-10-30(11-3-1)39-37-16-7-6-13-35(37)36-25-29(22-24-38(36)39)26-17-19-28(20-18-26)32-14-8-15-33-31-12-5-4-9-27(31)21-23-34(32)33/h1-25H. The second-order valence-electron chi connectivity index (χ2n) is 10.2. The van der Waals surface area contributed by atoms with Crippen LogP contribution in [-0.4, -0.2) is 4.57 Å². The average molecular weight is 496 g/mol. The van der Waals surface area contributed by atoms with E-state index in [9.17, 15) is 0 Å². The van der Waals surface area contributed by atoms with Crippen molar-refractivity contribution in [2.24, 2.45) is 0 Å². The fraction of sp³-hybridized carbons (Fsp3) is 0. The Labute approximate surface area is 227 Å². The first kappa shape index (κ1) is 21.9. The highest BCUT2D eigenvalue weighted by atomic mass is 15.0. The first-order chi connectivity index (χ1) is 19.3. The summed E-state index contributed by atoms with van der Waals surface area (Å²) in [4.78, 5) is 0. The number of aromatic nitrogens is 1. The fourth-order valence-electron chi connectivity index (χ4n) is 6.14. The van der Waals surface area contributed by atoms with E-state index in [1.165, 1.54) is 71.3 Å². The van der Waals surface area contributed by atoms with Crippen LogP contribution in [0.1, 0.15) is 0 Å². The number of benzene rings is 7. The molecular weight excluding hydrogens is 470 g/mol. The Bertz CT molecular complexity index is 2150. The minimum Gasteiger partial charge on any atom is -0.309 e. The molecule has 0 aliphatic rings. The predicted octanol–water partition coefficient (Wildman–Crippen LogP) is 10.4. The van der Waals surface area contributed by atoms with Crippen LogP contribution in [0.2, 0.25) is 0 Å². The van der Waals surface area contributed by atoms with Crippen molar-refractivity contribution in [2.45, 2.75) is 0 Å². The fourth-order valence-corrected chi connectivity index (χ4v) is 6.14. The van der Waals surface area contributed by atoms with Crippen molar-refractivity contribution >= 4 is 43.4 Å². The van der Waals surface area contributed by atoms with Crippen LogP contribution in [0, 0.1) is 0 Å². The SMILES string of the molecule is c1ccc(-n2c3ccccc3c3cc(-c4ccc(-c5cccc6c5ccc5ccccc56)cc4)ccc32)cc1. The second kappa shape index (κ2) is 8.72. The minimum absolute atomic E-state index is 1.18. The lowest BCUT2D eigenvalue weighted by atomic mass is 9.93. The third kappa shape index (κ3) is 3.48. The summed E-state index contributed by atoms with van der Waals surface area (Å²) in [5.74, 6) is 0. The smallest absolute Gasteiger partial charge is 0.0541 e. The van der Waals surface area contributed by atoms with Crippen molar-refractivity contribution in [1.29, 1.82) is 0 Å². The molecule has 0 unspecified atom stereocenters. The van der Waals surface area contributed by atoms with E-state index in [0.717, 1.165) is 0 Å². The molecule has 0 aliphatic heterocycles. The van der Waals surface area contributed by atoms with Gasteiger partial charge >= 0.3 is 0 Å². The quantitative estimate of drug-likeness (QED) is 0.215. The zero-order valence-corrected chi connectivity index (χ0v) is 21.4. The van der Waals surface area contributed by atoms with Gasteiger partial charge in [-0.05, 0) is 74.1 Å². The van der Waals surface area contributed by atoms with Gasteiger partial charge in [0.2, 0.25) is 0 Å². The van der Waals surface area contributed by atoms with Crippen molar-refractivity contribution in [3.63, 3.8) is 0 Å². The lowest BCUT2D eigenvalue weighted by Gasteiger charge is -2.11. The van der Waals surface area contributed by atoms with E-state index in [1.807, 2.05) is 0 Å². The van der Waals surface area contributed by atoms with Crippen LogP contribution in [0.4, 0.5) is 0 Å². The highest BCUT2D eigenvalue weighted by Gasteiger charge is 2.13. The first-order valence-corrected chi connectivity index (χ1v) is 13.5. The summed E-state index contributed by atoms with van der Waals surface area (Å²) in [5.41, 5.74) is 8.61. The van der Waals surface area contributed by atoms with Gasteiger partial charge in [-0.25, -0.2) is 0 Å². The molecule has 0 atom stereocenters. The van der Waals surface area contributed by atoms with E-state index in [1.54, 1.807) is 0 Å². The monoisotopic (exact) mass is 495 g/mol. The minimum atomic E-state index is 1.18. The Balaban J connectivity index is 1.24. The van der Waals surface area contributed by atoms with Gasteiger partial charge in [0.15, 0.2) is 0 Å². The molecule has 182 valence electrons. The number of para-hydroxylation sites is 2. The van der Waals surface area contributed by atoms with E-state index < -0.39 is 0 Å². The van der Waals surface area contributed by atoms with Crippen molar-refractivity contribution < 1.29 is 0 Å². The molecule has 0 fully saturated rings. The number of hydrogen-bond acceptors (Lipinski definition) is 0. The summed E-state index contributed by atoms with van der Waals surface area (Å²) >= 11 is 0. The third-order valence-electron chi connectivity index (χ3n) is 8.00. The van der Waals surface area contributed by atoms with Gasteiger partial charge in [-0.1, -0.05) is 121 Å². The molecule has 7 aromatic carbocycles. The van der Waals surface area contributed by atoms with Crippen molar-refractivity contribution in [2.75, 3.05) is 0 Å². The molecule has 0 N–H and O–H groups in total. The maximum atomic E-state index is 2.36. The normalized spacial score (nSPS) is 11.6. The van der Waals surface area contributed by atoms with Crippen LogP contribution in [0.15, 0.2) is 152 Å². The first-order valence-electron chi connectivity index (χ1n) is 13.5. The van der Waals surface area contributed by atoms with E-state index in [-0.39, 0.29) is 0 Å². The van der Waals surface area contributed by atoms with E-state index in [2.05, 4.69) is 156 Å². The molecule has 0 aliphatic carbocycles. The summed E-state index contributed by atoms with van der Waals surface area (Å²) in [5, 5.41) is 7.72. The molecule has 1 aromatic heterocycles. The zero-order chi connectivity index (χ0) is 25.8. The molecule has 1 heteroatoms. The van der Waals surface area contributed by atoms with Gasteiger partial charge in [-0.2, -0.15) is 0 Å². The molecule has 8 aromatic rings. The Hall–Kier alpha value is -5.14. The van der Waals surface area contributed by atoms with Crippen LogP contribution < -0.4 is 0 Å². The van der Waals surface area contributed by atoms with E-state index in [4.69, 9.17) is 0 Å². The van der Waals surface area contributed by atoms with Gasteiger partial charge in [-0.3, -0.25) is 0 Å². The molecule has 0 bridgehead atoms. The second-order valence-corrected chi connectivity index (χ2v) is 10.2. The van der Waals surface area contributed by atoms with Crippen LogP contribution in [0.5, 0.6) is 0 Å². The molecule has 39 heavy (non-hydrogen) atoms. The largest absolute Gasteiger partial charge is 0.309 e. The number of rotatable bonds is 3. The van der Waals surface area contributed by atoms with Crippen molar-refractivity contribution in [1.82, 2.24) is 4.57 Å². The number of hydrogen-bond donors (Lipinski definition) is 0. The summed E-state index contributed by atoms with van der Waals surface area (Å²) < 4.78 is 2.36. The van der Waals surface area contributed by atoms with Crippen LogP contribution in [0.3, 0.4) is 0 Å². The van der Waals surface area contributed by atoms with Crippen molar-refractivity contribution in [3.05, 3.63) is 152 Å². The predicted molar refractivity (Wildman–Crippen MR) is 167 cm³/mol. The van der Waals surface area contributed by atoms with E-state index in [0.29, 0.717) is 0 Å². The highest BCUT2D eigenvalue weighted by Crippen LogP contribution is 2.37. The maximum absolute atomic E-state index is 2.36. The van der Waals surface area contributed by atoms with Crippen LogP contribution in [-0.2, 0) is 0 Å². The maximum Gasteiger partial charge on any atom is 0.0541 e. The molecule has 0 spiro atoms. The zero-order valence-electron chi connectivity index (χ0n) is 21.4. The molecule has 1 heterocycles. The van der Waals surface area contributed by atoms with Crippen LogP contribution in [0.25, 0.3) is 71.3 Å². The topological polar surface area (TPSA) is 4.93 Å². The lowest BCUT2D eigenvalue weighted by Crippen LogP contribution is -1.92. The molecule has 8 rings (SSSR count). The lowest BCUT2D eigenvalue weighted by molar-refractivity contribution is 1.18. The molecule has 1 nitrogen and oxygen atoms in total. The Morgan fingerprint density at radius 2 is 1.00 bits per heavy atom. The summed E-state index contributed by atoms with van der Waals surface area (Å²) in [7, 11) is 0. The average Bonchev–Trinajstić information content (AvgIpc) is 3.35. The summed E-state index contributed by atoms with van der Waals surface area (Å²) in [6, 6.07) is 55.0. The molecular formula is C38H25N. The summed E-state index contributed by atoms with van der Waals surface area (Å²) in [6.45, 7) is 0. The van der Waals surface area contributed by atoms with Gasteiger partial charge in [0, 0.05) is 16.5 Å². The van der Waals surface area contributed by atoms with Gasteiger partial charge < -0.3 is 4.57 Å². The number of fused-ring (bicyclic) bond motifs is 6. The Kier molecular flexibility index (Phi) is 4.89. The van der Waals surface area contributed by atoms with E-state index >= 15 is 0 Å². The van der Waals surface area contributed by atoms with Gasteiger partial charge in [0.05, 0.1) is 11.0 Å². The van der Waals surface area contributed by atoms with Crippen molar-refractivity contribution in [3.8, 4) is 27.9 Å². The Morgan fingerprint density at radius 1 is 0.333 bits per heavy atom. The number of nitrogens with zero attached hydrogens (tertiary/aromatic N) is 1. The molecule has 0 amide bonds. The third-order valence-corrected chi connectivity index (χ3v) is 8.00. The van der Waals surface area contributed by atoms with Gasteiger partial charge in [0.1, 0.15) is 0 Å². The van der Waals surface area contributed by atoms with Crippen LogP contribution >= 0.6 is 0 Å². The molecule has 0 saturated heterocycles. The Morgan fingerprint density at radius 3 is 1.87 bits per heavy atom. The molecule has 0 saturated carbocycles. The molecule has 0 radical (unpaired) electrons. The highest BCUT2D eigenvalue weighted by molar-refractivity contribution is 6.12. The van der Waals surface area contributed by atoms with Gasteiger partial charge in [0.25, 0.3) is 0 Å². The van der Waals surface area contributed by atoms with Gasteiger partial charge in [-0.15, -0.1) is 0 Å². The summed E-state index contributed by atoms with van der Waals surface area (Å²) in [6.07, 6.45) is 0.